The zero-order valence-electron chi connectivity index (χ0n) is 14.3. The number of nitrogens with one attached hydrogen (secondary N) is 1. The van der Waals surface area contributed by atoms with Crippen LogP contribution in [0, 0.1) is 11.6 Å². The quantitative estimate of drug-likeness (QED) is 0.445. The number of hydrogen-bond donors (Lipinski definition) is 2. The molecular formula is C19H12F5NO3S. The third-order valence-corrected chi connectivity index (χ3v) is 5.32. The van der Waals surface area contributed by atoms with Gasteiger partial charge in [0.25, 0.3) is 10.0 Å². The van der Waals surface area contributed by atoms with Gasteiger partial charge >= 0.3 is 6.18 Å². The fraction of sp³-hybridized carbons (Fsp3) is 0.0526. The monoisotopic (exact) mass is 429 g/mol. The molecule has 0 aliphatic carbocycles. The Bertz CT molecular complexity index is 1180. The Kier molecular flexibility index (Phi) is 5.22. The Morgan fingerprint density at radius 2 is 1.62 bits per heavy atom. The van der Waals surface area contributed by atoms with Crippen molar-refractivity contribution in [2.75, 3.05) is 4.72 Å². The van der Waals surface area contributed by atoms with Crippen LogP contribution in [0.1, 0.15) is 5.56 Å². The SMILES string of the molecule is O=S(=O)(Nc1cc(-c2cc(F)ccc2F)ccc1O)c1cccc(C(F)(F)F)c1. The van der Waals surface area contributed by atoms with Gasteiger partial charge in [-0.2, -0.15) is 13.2 Å². The van der Waals surface area contributed by atoms with E-state index in [2.05, 4.69) is 0 Å². The predicted molar refractivity (Wildman–Crippen MR) is 95.7 cm³/mol. The highest BCUT2D eigenvalue weighted by molar-refractivity contribution is 7.92. The van der Waals surface area contributed by atoms with E-state index in [1.165, 1.54) is 6.07 Å². The molecule has 4 nitrogen and oxygen atoms in total. The lowest BCUT2D eigenvalue weighted by molar-refractivity contribution is -0.137. The van der Waals surface area contributed by atoms with Crippen LogP contribution in [-0.4, -0.2) is 13.5 Å². The summed E-state index contributed by atoms with van der Waals surface area (Å²) in [6, 6.07) is 9.00. The second kappa shape index (κ2) is 7.36. The molecule has 0 heterocycles. The third-order valence-electron chi connectivity index (χ3n) is 3.95. The average Bonchev–Trinajstić information content (AvgIpc) is 2.65. The molecule has 0 aliphatic rings. The number of phenols is 1. The highest BCUT2D eigenvalue weighted by Crippen LogP contribution is 2.34. The van der Waals surface area contributed by atoms with Gasteiger partial charge in [0.15, 0.2) is 0 Å². The Morgan fingerprint density at radius 3 is 2.31 bits per heavy atom. The Morgan fingerprint density at radius 1 is 0.897 bits per heavy atom. The van der Waals surface area contributed by atoms with Gasteiger partial charge in [-0.1, -0.05) is 12.1 Å². The normalized spacial score (nSPS) is 12.0. The molecule has 0 unspecified atom stereocenters. The first-order chi connectivity index (χ1) is 13.5. The number of sulfonamides is 1. The summed E-state index contributed by atoms with van der Waals surface area (Å²) >= 11 is 0. The lowest BCUT2D eigenvalue weighted by Gasteiger charge is -2.13. The first-order valence-corrected chi connectivity index (χ1v) is 9.44. The van der Waals surface area contributed by atoms with Gasteiger partial charge in [-0.25, -0.2) is 17.2 Å². The number of aromatic hydroxyl groups is 1. The van der Waals surface area contributed by atoms with E-state index in [0.29, 0.717) is 12.1 Å². The van der Waals surface area contributed by atoms with E-state index < -0.39 is 49.7 Å². The second-order valence-electron chi connectivity index (χ2n) is 5.99. The molecule has 0 bridgehead atoms. The molecular weight excluding hydrogens is 417 g/mol. The fourth-order valence-corrected chi connectivity index (χ4v) is 3.66. The van der Waals surface area contributed by atoms with Crippen LogP contribution in [-0.2, 0) is 16.2 Å². The van der Waals surface area contributed by atoms with E-state index in [9.17, 15) is 35.5 Å². The summed E-state index contributed by atoms with van der Waals surface area (Å²) in [6.07, 6.45) is -4.75. The van der Waals surface area contributed by atoms with Crippen LogP contribution in [0.25, 0.3) is 11.1 Å². The molecule has 0 fully saturated rings. The first-order valence-electron chi connectivity index (χ1n) is 7.96. The van der Waals surface area contributed by atoms with Gasteiger partial charge in [0, 0.05) is 5.56 Å². The average molecular weight is 429 g/mol. The summed E-state index contributed by atoms with van der Waals surface area (Å²) < 4.78 is 92.8. The van der Waals surface area contributed by atoms with E-state index in [4.69, 9.17) is 0 Å². The molecule has 0 radical (unpaired) electrons. The third kappa shape index (κ3) is 4.48. The number of halogens is 5. The number of benzene rings is 3. The Labute approximate surface area is 162 Å². The molecule has 152 valence electrons. The van der Waals surface area contributed by atoms with Gasteiger partial charge in [0.05, 0.1) is 16.1 Å². The van der Waals surface area contributed by atoms with Crippen molar-refractivity contribution in [2.45, 2.75) is 11.1 Å². The van der Waals surface area contributed by atoms with Crippen molar-refractivity contribution in [3.8, 4) is 16.9 Å². The van der Waals surface area contributed by atoms with Gasteiger partial charge < -0.3 is 5.11 Å². The summed E-state index contributed by atoms with van der Waals surface area (Å²) in [6.45, 7) is 0. The van der Waals surface area contributed by atoms with Crippen LogP contribution in [0.15, 0.2) is 65.6 Å². The molecule has 3 aromatic rings. The van der Waals surface area contributed by atoms with Gasteiger partial charge in [-0.3, -0.25) is 4.72 Å². The second-order valence-corrected chi connectivity index (χ2v) is 7.67. The first kappa shape index (κ1) is 20.6. The van der Waals surface area contributed by atoms with Crippen LogP contribution in [0.3, 0.4) is 0 Å². The fourth-order valence-electron chi connectivity index (χ4n) is 2.55. The van der Waals surface area contributed by atoms with Crippen LogP contribution < -0.4 is 4.72 Å². The minimum Gasteiger partial charge on any atom is -0.506 e. The van der Waals surface area contributed by atoms with E-state index in [-0.39, 0.29) is 11.1 Å². The van der Waals surface area contributed by atoms with Gasteiger partial charge in [0.2, 0.25) is 0 Å². The molecule has 10 heteroatoms. The minimum atomic E-state index is -4.75. The van der Waals surface area contributed by atoms with Crippen molar-refractivity contribution in [3.05, 3.63) is 77.9 Å². The highest BCUT2D eigenvalue weighted by Gasteiger charge is 2.31. The van der Waals surface area contributed by atoms with Crippen molar-refractivity contribution >= 4 is 15.7 Å². The van der Waals surface area contributed by atoms with Crippen LogP contribution >= 0.6 is 0 Å². The molecule has 0 amide bonds. The summed E-state index contributed by atoms with van der Waals surface area (Å²) in [5.74, 6) is -2.08. The van der Waals surface area contributed by atoms with Gasteiger partial charge in [0.1, 0.15) is 17.4 Å². The molecule has 0 spiro atoms. The minimum absolute atomic E-state index is 0.0431. The van der Waals surface area contributed by atoms with Crippen molar-refractivity contribution < 1.29 is 35.5 Å². The molecule has 3 rings (SSSR count). The molecule has 0 saturated heterocycles. The maximum atomic E-state index is 14.0. The standard InChI is InChI=1S/C19H12F5NO3S/c20-13-5-6-16(21)15(10-13)11-4-7-18(26)17(8-11)25-29(27,28)14-3-1-2-12(9-14)19(22,23)24/h1-10,25-26H. The smallest absolute Gasteiger partial charge is 0.416 e. The van der Waals surface area contributed by atoms with Crippen molar-refractivity contribution in [1.29, 1.82) is 0 Å². The summed E-state index contributed by atoms with van der Waals surface area (Å²) in [5, 5.41) is 9.93. The van der Waals surface area contributed by atoms with Crippen LogP contribution in [0.5, 0.6) is 5.75 Å². The molecule has 29 heavy (non-hydrogen) atoms. The van der Waals surface area contributed by atoms with Crippen LogP contribution in [0.2, 0.25) is 0 Å². The number of phenolic OH excluding ortho intramolecular Hbond substituents is 1. The lowest BCUT2D eigenvalue weighted by atomic mass is 10.0. The van der Waals surface area contributed by atoms with E-state index in [1.807, 2.05) is 4.72 Å². The largest absolute Gasteiger partial charge is 0.506 e. The summed E-state index contributed by atoms with van der Waals surface area (Å²) in [7, 11) is -4.51. The zero-order valence-corrected chi connectivity index (χ0v) is 15.2. The van der Waals surface area contributed by atoms with Crippen LogP contribution in [0.4, 0.5) is 27.6 Å². The maximum absolute atomic E-state index is 14.0. The molecule has 3 aromatic carbocycles. The lowest BCUT2D eigenvalue weighted by Crippen LogP contribution is -2.14. The van der Waals surface area contributed by atoms with E-state index in [1.54, 1.807) is 0 Å². The number of anilines is 1. The number of hydrogen-bond acceptors (Lipinski definition) is 3. The number of alkyl halides is 3. The summed E-state index contributed by atoms with van der Waals surface area (Å²) in [5.41, 5.74) is -1.73. The molecule has 2 N–H and O–H groups in total. The molecule has 0 atom stereocenters. The van der Waals surface area contributed by atoms with Crippen molar-refractivity contribution in [3.63, 3.8) is 0 Å². The number of rotatable bonds is 4. The summed E-state index contributed by atoms with van der Waals surface area (Å²) in [4.78, 5) is -0.686. The van der Waals surface area contributed by atoms with E-state index >= 15 is 0 Å². The van der Waals surface area contributed by atoms with Crippen molar-refractivity contribution in [2.24, 2.45) is 0 Å². The van der Waals surface area contributed by atoms with E-state index in [0.717, 1.165) is 42.5 Å². The Balaban J connectivity index is 2.01. The molecule has 0 aromatic heterocycles. The van der Waals surface area contributed by atoms with Gasteiger partial charge in [-0.15, -0.1) is 0 Å². The molecule has 0 saturated carbocycles. The van der Waals surface area contributed by atoms with Gasteiger partial charge in [-0.05, 0) is 54.1 Å². The maximum Gasteiger partial charge on any atom is 0.416 e. The zero-order chi connectivity index (χ0) is 21.4. The topological polar surface area (TPSA) is 66.4 Å². The Hall–Kier alpha value is -3.14. The predicted octanol–water partition coefficient (Wildman–Crippen LogP) is 5.16. The highest BCUT2D eigenvalue weighted by atomic mass is 32.2. The van der Waals surface area contributed by atoms with Crippen molar-refractivity contribution in [1.82, 2.24) is 0 Å². The molecule has 0 aliphatic heterocycles.